The Labute approximate surface area is 104 Å². The third-order valence-electron chi connectivity index (χ3n) is 3.80. The molecule has 15 heavy (non-hydrogen) atoms. The molecule has 0 aliphatic carbocycles. The lowest BCUT2D eigenvalue weighted by Gasteiger charge is -2.41. The van der Waals surface area contributed by atoms with Gasteiger partial charge in [-0.15, -0.1) is 0 Å². The lowest BCUT2D eigenvalue weighted by molar-refractivity contribution is 0.0782. The number of nitrogens with zero attached hydrogens (tertiary/aromatic N) is 1. The topological polar surface area (TPSA) is 3.24 Å². The number of hydrogen-bond acceptors (Lipinski definition) is 1. The fraction of sp³-hybridized carbons (Fsp3) is 1.00. The van der Waals surface area contributed by atoms with Gasteiger partial charge in [-0.25, -0.2) is 0 Å². The van der Waals surface area contributed by atoms with Crippen LogP contribution in [0.3, 0.4) is 0 Å². The third kappa shape index (κ3) is 4.44. The Balaban J connectivity index is 2.26. The Morgan fingerprint density at radius 3 is 2.53 bits per heavy atom. The molecule has 2 heteroatoms. The Morgan fingerprint density at radius 1 is 1.13 bits per heavy atom. The van der Waals surface area contributed by atoms with E-state index in [9.17, 15) is 0 Å². The zero-order chi connectivity index (χ0) is 11.3. The van der Waals surface area contributed by atoms with Gasteiger partial charge in [-0.3, -0.25) is 0 Å². The van der Waals surface area contributed by atoms with E-state index in [-0.39, 0.29) is 0 Å². The van der Waals surface area contributed by atoms with Gasteiger partial charge in [0.1, 0.15) is 0 Å². The van der Waals surface area contributed by atoms with E-state index in [1.807, 2.05) is 0 Å². The molecule has 1 aliphatic rings. The summed E-state index contributed by atoms with van der Waals surface area (Å²) in [5.74, 6) is 1.78. The van der Waals surface area contributed by atoms with Crippen LogP contribution in [0.4, 0.5) is 0 Å². The molecule has 3 atom stereocenters. The number of rotatable bonds is 5. The van der Waals surface area contributed by atoms with Gasteiger partial charge < -0.3 is 4.90 Å². The van der Waals surface area contributed by atoms with E-state index in [1.54, 1.807) is 0 Å². The summed E-state index contributed by atoms with van der Waals surface area (Å²) in [5, 5.41) is 1.16. The second-order valence-electron chi connectivity index (χ2n) is 5.30. The van der Waals surface area contributed by atoms with Gasteiger partial charge in [0.15, 0.2) is 0 Å². The number of likely N-dealkylation sites (tertiary alicyclic amines) is 1. The smallest absolute Gasteiger partial charge is 0.00927 e. The summed E-state index contributed by atoms with van der Waals surface area (Å²) < 4.78 is 0. The van der Waals surface area contributed by atoms with Crippen LogP contribution in [0.5, 0.6) is 0 Å². The average molecular weight is 276 g/mol. The van der Waals surface area contributed by atoms with Gasteiger partial charge in [0.05, 0.1) is 0 Å². The van der Waals surface area contributed by atoms with E-state index in [1.165, 1.54) is 38.8 Å². The Bertz CT molecular complexity index is 172. The molecule has 1 heterocycles. The minimum absolute atomic E-state index is 0.796. The van der Waals surface area contributed by atoms with Crippen molar-refractivity contribution in [2.24, 2.45) is 11.8 Å². The number of hydrogen-bond donors (Lipinski definition) is 0. The first kappa shape index (κ1) is 13.5. The van der Waals surface area contributed by atoms with Crippen molar-refractivity contribution >= 4 is 15.9 Å². The number of unbranched alkanes of at least 4 members (excludes halogenated alkanes) is 2. The summed E-state index contributed by atoms with van der Waals surface area (Å²) in [6.45, 7) is 9.84. The van der Waals surface area contributed by atoms with Crippen molar-refractivity contribution in [3.63, 3.8) is 0 Å². The molecule has 0 aromatic heterocycles. The maximum Gasteiger partial charge on any atom is 0.00927 e. The predicted molar refractivity (Wildman–Crippen MR) is 71.6 cm³/mol. The van der Waals surface area contributed by atoms with E-state index in [2.05, 4.69) is 41.6 Å². The highest BCUT2D eigenvalue weighted by Gasteiger charge is 2.27. The van der Waals surface area contributed by atoms with Gasteiger partial charge in [0.2, 0.25) is 0 Å². The molecule has 90 valence electrons. The quantitative estimate of drug-likeness (QED) is 0.543. The van der Waals surface area contributed by atoms with Crippen molar-refractivity contribution in [1.82, 2.24) is 4.90 Å². The fourth-order valence-corrected chi connectivity index (χ4v) is 3.11. The van der Waals surface area contributed by atoms with Crippen LogP contribution >= 0.6 is 15.9 Å². The van der Waals surface area contributed by atoms with Crippen LogP contribution in [-0.2, 0) is 0 Å². The molecule has 0 radical (unpaired) electrons. The fourth-order valence-electron chi connectivity index (χ4n) is 2.71. The summed E-state index contributed by atoms with van der Waals surface area (Å²) in [7, 11) is 0. The lowest BCUT2D eigenvalue weighted by Crippen LogP contribution is -2.45. The molecule has 1 saturated heterocycles. The van der Waals surface area contributed by atoms with Crippen molar-refractivity contribution in [2.45, 2.75) is 52.5 Å². The molecule has 0 aromatic rings. The SMILES string of the molecule is CC1CC(C)C(C)N(CCCCCBr)C1. The van der Waals surface area contributed by atoms with E-state index < -0.39 is 0 Å². The molecule has 0 amide bonds. The molecule has 3 unspecified atom stereocenters. The van der Waals surface area contributed by atoms with Gasteiger partial charge in [0.25, 0.3) is 0 Å². The summed E-state index contributed by atoms with van der Waals surface area (Å²) in [6, 6.07) is 0.796. The lowest BCUT2D eigenvalue weighted by atomic mass is 9.86. The molecule has 1 nitrogen and oxygen atoms in total. The molecule has 1 fully saturated rings. The van der Waals surface area contributed by atoms with E-state index in [0.29, 0.717) is 0 Å². The Morgan fingerprint density at radius 2 is 1.87 bits per heavy atom. The van der Waals surface area contributed by atoms with Crippen LogP contribution in [0, 0.1) is 11.8 Å². The maximum absolute atomic E-state index is 3.49. The number of piperidine rings is 1. The van der Waals surface area contributed by atoms with Gasteiger partial charge in [-0.05, 0) is 44.6 Å². The van der Waals surface area contributed by atoms with Crippen molar-refractivity contribution in [3.8, 4) is 0 Å². The summed E-state index contributed by atoms with van der Waals surface area (Å²) in [6.07, 6.45) is 5.49. The van der Waals surface area contributed by atoms with Gasteiger partial charge in [0, 0.05) is 17.9 Å². The number of halogens is 1. The van der Waals surface area contributed by atoms with Crippen LogP contribution in [0.1, 0.15) is 46.5 Å². The minimum atomic E-state index is 0.796. The summed E-state index contributed by atoms with van der Waals surface area (Å²) in [4.78, 5) is 2.70. The largest absolute Gasteiger partial charge is 0.300 e. The first-order valence-corrected chi connectivity index (χ1v) is 7.57. The van der Waals surface area contributed by atoms with Crippen LogP contribution < -0.4 is 0 Å². The van der Waals surface area contributed by atoms with Crippen LogP contribution in [0.15, 0.2) is 0 Å². The second kappa shape index (κ2) is 6.90. The van der Waals surface area contributed by atoms with Crippen LogP contribution in [0.25, 0.3) is 0 Å². The van der Waals surface area contributed by atoms with Crippen molar-refractivity contribution < 1.29 is 0 Å². The van der Waals surface area contributed by atoms with Crippen LogP contribution in [-0.4, -0.2) is 29.4 Å². The molecule has 0 bridgehead atoms. The van der Waals surface area contributed by atoms with E-state index >= 15 is 0 Å². The van der Waals surface area contributed by atoms with Crippen molar-refractivity contribution in [2.75, 3.05) is 18.4 Å². The summed E-state index contributed by atoms with van der Waals surface area (Å²) >= 11 is 3.49. The minimum Gasteiger partial charge on any atom is -0.300 e. The van der Waals surface area contributed by atoms with E-state index in [0.717, 1.165) is 23.2 Å². The molecule has 0 aromatic carbocycles. The van der Waals surface area contributed by atoms with E-state index in [4.69, 9.17) is 0 Å². The first-order valence-electron chi connectivity index (χ1n) is 6.45. The van der Waals surface area contributed by atoms with Crippen molar-refractivity contribution in [1.29, 1.82) is 0 Å². The number of alkyl halides is 1. The van der Waals surface area contributed by atoms with Gasteiger partial charge >= 0.3 is 0 Å². The first-order chi connectivity index (χ1) is 7.15. The predicted octanol–water partition coefficient (Wildman–Crippen LogP) is 3.92. The molecule has 1 aliphatic heterocycles. The zero-order valence-corrected chi connectivity index (χ0v) is 12.1. The standard InChI is InChI=1S/C13H26BrN/c1-11-9-12(2)13(3)15(10-11)8-6-4-5-7-14/h11-13H,4-10H2,1-3H3. The highest BCUT2D eigenvalue weighted by molar-refractivity contribution is 9.09. The van der Waals surface area contributed by atoms with Gasteiger partial charge in [-0.2, -0.15) is 0 Å². The normalized spacial score (nSPS) is 33.2. The third-order valence-corrected chi connectivity index (χ3v) is 4.36. The molecule has 0 N–H and O–H groups in total. The monoisotopic (exact) mass is 275 g/mol. The highest BCUT2D eigenvalue weighted by Crippen LogP contribution is 2.26. The average Bonchev–Trinajstić information content (AvgIpc) is 2.19. The van der Waals surface area contributed by atoms with Crippen LogP contribution in [0.2, 0.25) is 0 Å². The Kier molecular flexibility index (Phi) is 6.21. The molecule has 1 rings (SSSR count). The molecular weight excluding hydrogens is 250 g/mol. The highest BCUT2D eigenvalue weighted by atomic mass is 79.9. The Hall–Kier alpha value is 0.440. The zero-order valence-electron chi connectivity index (χ0n) is 10.5. The van der Waals surface area contributed by atoms with Gasteiger partial charge in [-0.1, -0.05) is 36.2 Å². The van der Waals surface area contributed by atoms with Crippen molar-refractivity contribution in [3.05, 3.63) is 0 Å². The second-order valence-corrected chi connectivity index (χ2v) is 6.10. The molecule has 0 spiro atoms. The maximum atomic E-state index is 3.49. The summed E-state index contributed by atoms with van der Waals surface area (Å²) in [5.41, 5.74) is 0. The molecular formula is C13H26BrN. The molecule has 0 saturated carbocycles.